The van der Waals surface area contributed by atoms with Gasteiger partial charge in [0, 0.05) is 28.8 Å². The number of rotatable bonds is 2. The maximum Gasteiger partial charge on any atom is 0.255 e. The molecule has 0 aromatic heterocycles. The predicted molar refractivity (Wildman–Crippen MR) is 101 cm³/mol. The fourth-order valence-corrected chi connectivity index (χ4v) is 3.28. The Labute approximate surface area is 153 Å². The van der Waals surface area contributed by atoms with E-state index in [9.17, 15) is 4.79 Å². The lowest BCUT2D eigenvalue weighted by Crippen LogP contribution is -2.16. The van der Waals surface area contributed by atoms with Gasteiger partial charge in [0.05, 0.1) is 0 Å². The van der Waals surface area contributed by atoms with E-state index in [0.29, 0.717) is 41.9 Å². The van der Waals surface area contributed by atoms with E-state index >= 15 is 0 Å². The molecule has 0 bridgehead atoms. The van der Waals surface area contributed by atoms with E-state index in [2.05, 4.69) is 17.2 Å². The Hall–Kier alpha value is -2.93. The number of fused-ring (bicyclic) bond motifs is 1. The summed E-state index contributed by atoms with van der Waals surface area (Å²) in [5.41, 5.74) is 2.24. The van der Waals surface area contributed by atoms with Crippen molar-refractivity contribution in [1.29, 1.82) is 0 Å². The highest BCUT2D eigenvalue weighted by molar-refractivity contribution is 6.04. The van der Waals surface area contributed by atoms with Crippen molar-refractivity contribution in [3.63, 3.8) is 0 Å². The van der Waals surface area contributed by atoms with Crippen LogP contribution in [0.5, 0.6) is 11.5 Å². The van der Waals surface area contributed by atoms with Crippen LogP contribution in [-0.2, 0) is 0 Å². The van der Waals surface area contributed by atoms with Crippen molar-refractivity contribution in [3.05, 3.63) is 53.6 Å². The molecule has 4 heteroatoms. The number of nitrogens with one attached hydrogen (secondary N) is 1. The molecule has 4 rings (SSSR count). The highest BCUT2D eigenvalue weighted by atomic mass is 16.6. The summed E-state index contributed by atoms with van der Waals surface area (Å²) in [6, 6.07) is 12.8. The van der Waals surface area contributed by atoms with Gasteiger partial charge in [-0.25, -0.2) is 0 Å². The zero-order chi connectivity index (χ0) is 17.8. The van der Waals surface area contributed by atoms with Crippen LogP contribution in [0.15, 0.2) is 42.5 Å². The summed E-state index contributed by atoms with van der Waals surface area (Å²) in [6.07, 6.45) is 5.00. The number of anilines is 1. The molecule has 132 valence electrons. The summed E-state index contributed by atoms with van der Waals surface area (Å²) >= 11 is 0. The third kappa shape index (κ3) is 3.83. The molecule has 2 aliphatic rings. The van der Waals surface area contributed by atoms with E-state index in [1.54, 1.807) is 6.07 Å². The Morgan fingerprint density at radius 3 is 2.46 bits per heavy atom. The van der Waals surface area contributed by atoms with Gasteiger partial charge in [0.15, 0.2) is 11.5 Å². The monoisotopic (exact) mass is 347 g/mol. The van der Waals surface area contributed by atoms with Gasteiger partial charge in [-0.15, -0.1) is 0 Å². The number of benzene rings is 2. The topological polar surface area (TPSA) is 47.6 Å². The van der Waals surface area contributed by atoms with E-state index < -0.39 is 0 Å². The normalized spacial score (nSPS) is 15.8. The summed E-state index contributed by atoms with van der Waals surface area (Å²) in [4.78, 5) is 12.4. The highest BCUT2D eigenvalue weighted by Crippen LogP contribution is 2.32. The van der Waals surface area contributed by atoms with Crippen LogP contribution in [0.3, 0.4) is 0 Å². The van der Waals surface area contributed by atoms with Gasteiger partial charge >= 0.3 is 0 Å². The summed E-state index contributed by atoms with van der Waals surface area (Å²) < 4.78 is 11.0. The number of amides is 1. The first kappa shape index (κ1) is 16.5. The maximum atomic E-state index is 12.4. The van der Waals surface area contributed by atoms with Crippen LogP contribution in [0.25, 0.3) is 0 Å². The predicted octanol–water partition coefficient (Wildman–Crippen LogP) is 4.25. The second kappa shape index (κ2) is 7.53. The molecular weight excluding hydrogens is 326 g/mol. The van der Waals surface area contributed by atoms with Crippen molar-refractivity contribution >= 4 is 11.6 Å². The smallest absolute Gasteiger partial charge is 0.255 e. The van der Waals surface area contributed by atoms with E-state index in [4.69, 9.17) is 9.47 Å². The minimum absolute atomic E-state index is 0.156. The van der Waals surface area contributed by atoms with E-state index in [0.717, 1.165) is 5.56 Å². The molecule has 1 heterocycles. The van der Waals surface area contributed by atoms with Crippen molar-refractivity contribution in [3.8, 4) is 23.3 Å². The van der Waals surface area contributed by atoms with Crippen molar-refractivity contribution in [2.45, 2.75) is 25.7 Å². The summed E-state index contributed by atoms with van der Waals surface area (Å²) in [5.74, 6) is 8.31. The average Bonchev–Trinajstić information content (AvgIpc) is 3.20. The molecule has 1 amide bonds. The number of ether oxygens (including phenoxy) is 2. The molecule has 1 aliphatic heterocycles. The first-order valence-corrected chi connectivity index (χ1v) is 9.10. The van der Waals surface area contributed by atoms with Gasteiger partial charge in [0.1, 0.15) is 13.2 Å². The van der Waals surface area contributed by atoms with Crippen molar-refractivity contribution in [2.24, 2.45) is 5.92 Å². The molecule has 1 saturated carbocycles. The molecule has 1 fully saturated rings. The van der Waals surface area contributed by atoms with Crippen LogP contribution in [0.2, 0.25) is 0 Å². The van der Waals surface area contributed by atoms with Crippen LogP contribution in [-0.4, -0.2) is 19.1 Å². The van der Waals surface area contributed by atoms with Gasteiger partial charge in [-0.3, -0.25) is 4.79 Å². The molecule has 0 saturated heterocycles. The molecule has 4 nitrogen and oxygen atoms in total. The number of hydrogen-bond acceptors (Lipinski definition) is 3. The second-order valence-corrected chi connectivity index (χ2v) is 6.64. The summed E-state index contributed by atoms with van der Waals surface area (Å²) in [7, 11) is 0. The van der Waals surface area contributed by atoms with E-state index in [1.165, 1.54) is 25.7 Å². The van der Waals surface area contributed by atoms with Gasteiger partial charge in [-0.1, -0.05) is 24.7 Å². The van der Waals surface area contributed by atoms with Gasteiger partial charge in [0.2, 0.25) is 0 Å². The van der Waals surface area contributed by atoms with E-state index in [-0.39, 0.29) is 5.91 Å². The number of carbonyl (C=O) groups is 1. The maximum absolute atomic E-state index is 12.4. The quantitative estimate of drug-likeness (QED) is 0.826. The Morgan fingerprint density at radius 1 is 0.962 bits per heavy atom. The molecule has 2 aromatic carbocycles. The Bertz CT molecular complexity index is 855. The van der Waals surface area contributed by atoms with Crippen LogP contribution >= 0.6 is 0 Å². The molecule has 0 radical (unpaired) electrons. The van der Waals surface area contributed by atoms with Crippen LogP contribution < -0.4 is 14.8 Å². The highest BCUT2D eigenvalue weighted by Gasteiger charge is 2.14. The lowest BCUT2D eigenvalue weighted by Gasteiger charge is -2.19. The standard InChI is InChI=1S/C22H21NO3/c24-22(23-19-11-12-20-21(15-19)26-14-13-25-20)18-9-7-17(8-10-18)6-5-16-3-1-2-4-16/h7-12,15-16H,1-4,13-14H2,(H,23,24). The van der Waals surface area contributed by atoms with Gasteiger partial charge in [-0.2, -0.15) is 0 Å². The van der Waals surface area contributed by atoms with Crippen molar-refractivity contribution in [2.75, 3.05) is 18.5 Å². The zero-order valence-corrected chi connectivity index (χ0v) is 14.6. The molecule has 2 aromatic rings. The van der Waals surface area contributed by atoms with Gasteiger partial charge in [-0.05, 0) is 49.2 Å². The summed E-state index contributed by atoms with van der Waals surface area (Å²) in [5, 5.41) is 2.89. The second-order valence-electron chi connectivity index (χ2n) is 6.64. The van der Waals surface area contributed by atoms with E-state index in [1.807, 2.05) is 36.4 Å². The minimum Gasteiger partial charge on any atom is -0.486 e. The lowest BCUT2D eigenvalue weighted by atomic mass is 10.1. The summed E-state index contributed by atoms with van der Waals surface area (Å²) in [6.45, 7) is 1.07. The third-order valence-corrected chi connectivity index (χ3v) is 4.72. The molecule has 0 atom stereocenters. The first-order valence-electron chi connectivity index (χ1n) is 9.10. The molecule has 1 aliphatic carbocycles. The van der Waals surface area contributed by atoms with Crippen molar-refractivity contribution < 1.29 is 14.3 Å². The van der Waals surface area contributed by atoms with Crippen molar-refractivity contribution in [1.82, 2.24) is 0 Å². The van der Waals surface area contributed by atoms with Crippen LogP contribution in [0.1, 0.15) is 41.6 Å². The fraction of sp³-hybridized carbons (Fsp3) is 0.318. The van der Waals surface area contributed by atoms with Gasteiger partial charge < -0.3 is 14.8 Å². The number of hydrogen-bond donors (Lipinski definition) is 1. The minimum atomic E-state index is -0.156. The average molecular weight is 347 g/mol. The first-order chi connectivity index (χ1) is 12.8. The molecular formula is C22H21NO3. The van der Waals surface area contributed by atoms with Gasteiger partial charge in [0.25, 0.3) is 5.91 Å². The third-order valence-electron chi connectivity index (χ3n) is 4.72. The zero-order valence-electron chi connectivity index (χ0n) is 14.6. The lowest BCUT2D eigenvalue weighted by molar-refractivity contribution is 0.102. The fourth-order valence-electron chi connectivity index (χ4n) is 3.28. The molecule has 0 unspecified atom stereocenters. The van der Waals surface area contributed by atoms with Crippen LogP contribution in [0.4, 0.5) is 5.69 Å². The Morgan fingerprint density at radius 2 is 1.69 bits per heavy atom. The Balaban J connectivity index is 1.41. The molecule has 0 spiro atoms. The number of carbonyl (C=O) groups excluding carboxylic acids is 1. The Kier molecular flexibility index (Phi) is 4.79. The SMILES string of the molecule is O=C(Nc1ccc2c(c1)OCCO2)c1ccc(C#CC2CCCC2)cc1. The largest absolute Gasteiger partial charge is 0.486 e. The molecule has 1 N–H and O–H groups in total. The molecule has 26 heavy (non-hydrogen) atoms. The van der Waals surface area contributed by atoms with Crippen LogP contribution in [0, 0.1) is 17.8 Å².